The second-order valence-electron chi connectivity index (χ2n) is 6.21. The first kappa shape index (κ1) is 14.5. The van der Waals surface area contributed by atoms with Gasteiger partial charge in [0.15, 0.2) is 0 Å². The van der Waals surface area contributed by atoms with Crippen molar-refractivity contribution in [3.05, 3.63) is 29.6 Å². The van der Waals surface area contributed by atoms with E-state index in [1.165, 1.54) is 36.9 Å². The van der Waals surface area contributed by atoms with Crippen molar-refractivity contribution in [1.29, 1.82) is 0 Å². The lowest BCUT2D eigenvalue weighted by atomic mass is 9.79. The number of aromatic nitrogens is 1. The summed E-state index contributed by atoms with van der Waals surface area (Å²) in [4.78, 5) is 4.53. The van der Waals surface area contributed by atoms with Gasteiger partial charge in [-0.2, -0.15) is 0 Å². The van der Waals surface area contributed by atoms with Crippen molar-refractivity contribution in [2.45, 2.75) is 65.5 Å². The summed E-state index contributed by atoms with van der Waals surface area (Å²) in [5.41, 5.74) is 2.61. The molecule has 2 rings (SSSR count). The first-order valence-electron chi connectivity index (χ1n) is 7.86. The molecule has 0 spiro atoms. The lowest BCUT2D eigenvalue weighted by Crippen LogP contribution is -2.35. The van der Waals surface area contributed by atoms with Crippen molar-refractivity contribution in [1.82, 2.24) is 10.3 Å². The predicted molar refractivity (Wildman–Crippen MR) is 81.0 cm³/mol. The van der Waals surface area contributed by atoms with Crippen LogP contribution in [0.1, 0.15) is 57.7 Å². The lowest BCUT2D eigenvalue weighted by molar-refractivity contribution is 0.230. The Balaban J connectivity index is 1.88. The van der Waals surface area contributed by atoms with Crippen molar-refractivity contribution in [2.75, 3.05) is 0 Å². The topological polar surface area (TPSA) is 24.9 Å². The third-order valence-electron chi connectivity index (χ3n) is 4.58. The Morgan fingerprint density at radius 2 is 2.21 bits per heavy atom. The van der Waals surface area contributed by atoms with Crippen molar-refractivity contribution >= 4 is 0 Å². The van der Waals surface area contributed by atoms with Gasteiger partial charge in [-0.05, 0) is 42.7 Å². The minimum atomic E-state index is 0.688. The Kier molecular flexibility index (Phi) is 5.38. The Morgan fingerprint density at radius 1 is 1.37 bits per heavy atom. The van der Waals surface area contributed by atoms with E-state index in [0.29, 0.717) is 6.04 Å². The highest BCUT2D eigenvalue weighted by Crippen LogP contribution is 2.30. The molecular formula is C17H28N2. The maximum Gasteiger partial charge on any atom is 0.0573 e. The van der Waals surface area contributed by atoms with E-state index < -0.39 is 0 Å². The van der Waals surface area contributed by atoms with Crippen LogP contribution < -0.4 is 5.32 Å². The van der Waals surface area contributed by atoms with E-state index in [0.717, 1.165) is 24.8 Å². The molecule has 1 heterocycles. The molecule has 1 aromatic heterocycles. The molecule has 2 atom stereocenters. The number of pyridine rings is 1. The highest BCUT2D eigenvalue weighted by atomic mass is 14.9. The van der Waals surface area contributed by atoms with Crippen molar-refractivity contribution in [2.24, 2.45) is 11.8 Å². The number of nitrogens with one attached hydrogen (secondary N) is 1. The van der Waals surface area contributed by atoms with Gasteiger partial charge in [0, 0.05) is 18.8 Å². The highest BCUT2D eigenvalue weighted by molar-refractivity contribution is 5.19. The van der Waals surface area contributed by atoms with Crippen LogP contribution in [0.4, 0.5) is 0 Å². The van der Waals surface area contributed by atoms with Crippen LogP contribution in [0.15, 0.2) is 18.3 Å². The van der Waals surface area contributed by atoms with Crippen LogP contribution in [0.2, 0.25) is 0 Å². The molecule has 0 bridgehead atoms. The second-order valence-corrected chi connectivity index (χ2v) is 6.21. The SMILES string of the molecule is CCc1cccnc1CNC1CCCC(C(C)C)C1. The monoisotopic (exact) mass is 260 g/mol. The Hall–Kier alpha value is -0.890. The molecule has 2 heteroatoms. The van der Waals surface area contributed by atoms with Gasteiger partial charge in [-0.25, -0.2) is 0 Å². The largest absolute Gasteiger partial charge is 0.308 e. The Morgan fingerprint density at radius 3 is 2.95 bits per heavy atom. The minimum absolute atomic E-state index is 0.688. The van der Waals surface area contributed by atoms with Crippen LogP contribution >= 0.6 is 0 Å². The van der Waals surface area contributed by atoms with Crippen LogP contribution in [-0.2, 0) is 13.0 Å². The zero-order valence-corrected chi connectivity index (χ0v) is 12.7. The number of aryl methyl sites for hydroxylation is 1. The standard InChI is InChI=1S/C17H28N2/c1-4-14-8-6-10-18-17(14)12-19-16-9-5-7-15(11-16)13(2)3/h6,8,10,13,15-16,19H,4-5,7,9,11-12H2,1-3H3. The maximum absolute atomic E-state index is 4.53. The van der Waals surface area contributed by atoms with Gasteiger partial charge in [0.2, 0.25) is 0 Å². The third kappa shape index (κ3) is 4.04. The fourth-order valence-electron chi connectivity index (χ4n) is 3.21. The summed E-state index contributed by atoms with van der Waals surface area (Å²) in [7, 11) is 0. The molecule has 1 fully saturated rings. The molecule has 1 saturated carbocycles. The highest BCUT2D eigenvalue weighted by Gasteiger charge is 2.23. The van der Waals surface area contributed by atoms with Gasteiger partial charge in [-0.15, -0.1) is 0 Å². The summed E-state index contributed by atoms with van der Waals surface area (Å²) in [6, 6.07) is 4.92. The molecule has 0 aliphatic heterocycles. The summed E-state index contributed by atoms with van der Waals surface area (Å²) < 4.78 is 0. The quantitative estimate of drug-likeness (QED) is 0.867. The molecular weight excluding hydrogens is 232 g/mol. The molecule has 2 unspecified atom stereocenters. The summed E-state index contributed by atoms with van der Waals surface area (Å²) in [5, 5.41) is 3.73. The molecule has 1 aliphatic rings. The van der Waals surface area contributed by atoms with E-state index in [9.17, 15) is 0 Å². The number of hydrogen-bond donors (Lipinski definition) is 1. The van der Waals surface area contributed by atoms with Gasteiger partial charge < -0.3 is 5.32 Å². The van der Waals surface area contributed by atoms with E-state index in [1.807, 2.05) is 12.3 Å². The predicted octanol–water partition coefficient (Wildman–Crippen LogP) is 3.95. The molecule has 1 aromatic rings. The van der Waals surface area contributed by atoms with Crippen LogP contribution in [0.25, 0.3) is 0 Å². The molecule has 1 N–H and O–H groups in total. The molecule has 1 aliphatic carbocycles. The van der Waals surface area contributed by atoms with Gasteiger partial charge in [0.1, 0.15) is 0 Å². The first-order chi connectivity index (χ1) is 9.20. The number of rotatable bonds is 5. The smallest absolute Gasteiger partial charge is 0.0573 e. The van der Waals surface area contributed by atoms with E-state index >= 15 is 0 Å². The maximum atomic E-state index is 4.53. The molecule has 0 amide bonds. The molecule has 2 nitrogen and oxygen atoms in total. The zero-order valence-electron chi connectivity index (χ0n) is 12.7. The summed E-state index contributed by atoms with van der Waals surface area (Å²) in [6.45, 7) is 7.86. The minimum Gasteiger partial charge on any atom is -0.308 e. The van der Waals surface area contributed by atoms with Crippen LogP contribution in [0.3, 0.4) is 0 Å². The van der Waals surface area contributed by atoms with Gasteiger partial charge in [-0.1, -0.05) is 39.7 Å². The number of hydrogen-bond acceptors (Lipinski definition) is 2. The fourth-order valence-corrected chi connectivity index (χ4v) is 3.21. The van der Waals surface area contributed by atoms with Crippen LogP contribution in [0.5, 0.6) is 0 Å². The van der Waals surface area contributed by atoms with Crippen molar-refractivity contribution < 1.29 is 0 Å². The fraction of sp³-hybridized carbons (Fsp3) is 0.706. The van der Waals surface area contributed by atoms with E-state index in [4.69, 9.17) is 0 Å². The van der Waals surface area contributed by atoms with Gasteiger partial charge in [-0.3, -0.25) is 4.98 Å². The first-order valence-corrected chi connectivity index (χ1v) is 7.86. The van der Waals surface area contributed by atoms with Gasteiger partial charge in [0.05, 0.1) is 5.69 Å². The van der Waals surface area contributed by atoms with E-state index in [2.05, 4.69) is 37.1 Å². The van der Waals surface area contributed by atoms with Gasteiger partial charge in [0.25, 0.3) is 0 Å². The van der Waals surface area contributed by atoms with E-state index in [-0.39, 0.29) is 0 Å². The molecule has 106 valence electrons. The Bertz CT molecular complexity index is 387. The normalized spacial score (nSPS) is 23.8. The third-order valence-corrected chi connectivity index (χ3v) is 4.58. The molecule has 0 aromatic carbocycles. The summed E-state index contributed by atoms with van der Waals surface area (Å²) in [5.74, 6) is 1.73. The van der Waals surface area contributed by atoms with Gasteiger partial charge >= 0.3 is 0 Å². The zero-order chi connectivity index (χ0) is 13.7. The molecule has 0 radical (unpaired) electrons. The summed E-state index contributed by atoms with van der Waals surface area (Å²) >= 11 is 0. The Labute approximate surface area is 118 Å². The average molecular weight is 260 g/mol. The van der Waals surface area contributed by atoms with Crippen LogP contribution in [-0.4, -0.2) is 11.0 Å². The molecule has 0 saturated heterocycles. The molecule has 19 heavy (non-hydrogen) atoms. The lowest BCUT2D eigenvalue weighted by Gasteiger charge is -2.32. The van der Waals surface area contributed by atoms with Crippen LogP contribution in [0, 0.1) is 11.8 Å². The number of nitrogens with zero attached hydrogens (tertiary/aromatic N) is 1. The summed E-state index contributed by atoms with van der Waals surface area (Å²) in [6.07, 6.45) is 8.45. The average Bonchev–Trinajstić information content (AvgIpc) is 2.45. The second kappa shape index (κ2) is 7.04. The van der Waals surface area contributed by atoms with E-state index in [1.54, 1.807) is 0 Å². The van der Waals surface area contributed by atoms with Crippen molar-refractivity contribution in [3.63, 3.8) is 0 Å². The van der Waals surface area contributed by atoms with Crippen molar-refractivity contribution in [3.8, 4) is 0 Å².